The molecule has 0 amide bonds. The molecule has 0 radical (unpaired) electrons. The van der Waals surface area contributed by atoms with Crippen LogP contribution in [0.1, 0.15) is 146 Å². The molecule has 324 valence electrons. The zero-order valence-electron chi connectivity index (χ0n) is 35.4. The Hall–Kier alpha value is -3.05. The maximum Gasteiger partial charge on any atom is 0.472 e. The van der Waals surface area contributed by atoms with Crippen LogP contribution in [-0.4, -0.2) is 60.5 Å². The number of furan rings is 1. The average Bonchev–Trinajstić information content (AvgIpc) is 3.46. The first-order valence-electron chi connectivity index (χ1n) is 21.2. The Bertz CT molecular complexity index is 1410. The fourth-order valence-electron chi connectivity index (χ4n) is 5.68. The summed E-state index contributed by atoms with van der Waals surface area (Å²) in [6.45, 7) is 7.54. The number of rotatable bonds is 35. The Balaban J connectivity index is 2.35. The molecule has 57 heavy (non-hydrogen) atoms. The molecular formula is C45H74NO10P. The molecule has 0 bridgehead atoms. The van der Waals surface area contributed by atoms with Crippen LogP contribution in [0.2, 0.25) is 0 Å². The van der Waals surface area contributed by atoms with Crippen molar-refractivity contribution in [2.24, 2.45) is 5.73 Å². The van der Waals surface area contributed by atoms with E-state index in [0.717, 1.165) is 75.7 Å². The van der Waals surface area contributed by atoms with Crippen molar-refractivity contribution in [1.29, 1.82) is 0 Å². The fourth-order valence-corrected chi connectivity index (χ4v) is 6.45. The Labute approximate surface area is 343 Å². The fraction of sp³-hybridized carbons (Fsp3) is 0.644. The number of aliphatic hydroxyl groups excluding tert-OH is 1. The van der Waals surface area contributed by atoms with Gasteiger partial charge in [0.25, 0.3) is 0 Å². The van der Waals surface area contributed by atoms with Gasteiger partial charge in [0.05, 0.1) is 19.3 Å². The van der Waals surface area contributed by atoms with Gasteiger partial charge in [-0.3, -0.25) is 18.6 Å². The quantitative estimate of drug-likeness (QED) is 0.0196. The van der Waals surface area contributed by atoms with Gasteiger partial charge in [0, 0.05) is 32.2 Å². The number of phosphoric ester groups is 1. The van der Waals surface area contributed by atoms with Crippen molar-refractivity contribution in [2.75, 3.05) is 26.4 Å². The molecule has 1 aromatic heterocycles. The van der Waals surface area contributed by atoms with Gasteiger partial charge in [-0.25, -0.2) is 4.57 Å². The molecule has 0 saturated heterocycles. The summed E-state index contributed by atoms with van der Waals surface area (Å²) in [6, 6.07) is 0. The molecular weight excluding hydrogens is 745 g/mol. The van der Waals surface area contributed by atoms with E-state index in [9.17, 15) is 24.2 Å². The third kappa shape index (κ3) is 28.1. The molecule has 0 spiro atoms. The first-order valence-corrected chi connectivity index (χ1v) is 22.7. The lowest BCUT2D eigenvalue weighted by molar-refractivity contribution is -0.161. The lowest BCUT2D eigenvalue weighted by atomic mass is 10.0. The minimum atomic E-state index is -4.42. The third-order valence-electron chi connectivity index (χ3n) is 9.28. The molecule has 1 heterocycles. The number of carbonyl (C=O) groups is 2. The zero-order chi connectivity index (χ0) is 42.0. The summed E-state index contributed by atoms with van der Waals surface area (Å²) in [5.41, 5.74) is 7.93. The molecule has 0 aliphatic carbocycles. The van der Waals surface area contributed by atoms with E-state index in [0.29, 0.717) is 25.7 Å². The molecule has 0 saturated carbocycles. The van der Waals surface area contributed by atoms with Gasteiger partial charge in [0.2, 0.25) is 0 Å². The maximum absolute atomic E-state index is 12.6. The molecule has 0 aliphatic rings. The molecule has 0 aliphatic heterocycles. The molecule has 11 nitrogen and oxygen atoms in total. The van der Waals surface area contributed by atoms with Gasteiger partial charge in [-0.2, -0.15) is 0 Å². The first-order chi connectivity index (χ1) is 27.5. The lowest BCUT2D eigenvalue weighted by Crippen LogP contribution is -2.29. The second-order valence-corrected chi connectivity index (χ2v) is 15.7. The van der Waals surface area contributed by atoms with Crippen LogP contribution < -0.4 is 5.73 Å². The molecule has 1 aromatic rings. The highest BCUT2D eigenvalue weighted by atomic mass is 31.2. The summed E-state index contributed by atoms with van der Waals surface area (Å²) in [5.74, 6) is 1.31. The maximum atomic E-state index is 12.6. The number of unbranched alkanes of at least 4 members (excludes halogenated alkanes) is 8. The van der Waals surface area contributed by atoms with Gasteiger partial charge in [0.1, 0.15) is 18.1 Å². The Morgan fingerprint density at radius 2 is 1.32 bits per heavy atom. The topological polar surface area (TPSA) is 168 Å². The SMILES string of the molecule is CCCCCc1oc(CCCCCCCCC(=O)OC[C@H](COP(=O)(O)OCCN)OC(=O)CCC/C=C\C/C=C\C/C=C\C/C=C\C=C\[C@H](O)CC)c(C)c1C. The van der Waals surface area contributed by atoms with Crippen LogP contribution in [0.25, 0.3) is 0 Å². The number of hydrogen-bond acceptors (Lipinski definition) is 10. The van der Waals surface area contributed by atoms with Crippen molar-refractivity contribution in [1.82, 2.24) is 0 Å². The number of ether oxygens (including phenoxy) is 2. The normalized spacial score (nSPS) is 14.4. The van der Waals surface area contributed by atoms with E-state index >= 15 is 0 Å². The van der Waals surface area contributed by atoms with Crippen LogP contribution in [-0.2, 0) is 45.5 Å². The van der Waals surface area contributed by atoms with Crippen molar-refractivity contribution in [3.8, 4) is 0 Å². The van der Waals surface area contributed by atoms with Crippen molar-refractivity contribution >= 4 is 19.8 Å². The predicted molar refractivity (Wildman–Crippen MR) is 229 cm³/mol. The van der Waals surface area contributed by atoms with Gasteiger partial charge >= 0.3 is 19.8 Å². The van der Waals surface area contributed by atoms with Gasteiger partial charge in [-0.1, -0.05) is 113 Å². The number of esters is 2. The number of hydrogen-bond donors (Lipinski definition) is 3. The molecule has 1 rings (SSSR count). The largest absolute Gasteiger partial charge is 0.472 e. The van der Waals surface area contributed by atoms with Crippen LogP contribution in [0.3, 0.4) is 0 Å². The first kappa shape index (κ1) is 52.0. The predicted octanol–water partition coefficient (Wildman–Crippen LogP) is 10.3. The Morgan fingerprint density at radius 1 is 0.737 bits per heavy atom. The summed E-state index contributed by atoms with van der Waals surface area (Å²) < 4.78 is 38.9. The number of nitrogens with two attached hydrogens (primary N) is 1. The van der Waals surface area contributed by atoms with Crippen LogP contribution >= 0.6 is 7.82 Å². The highest BCUT2D eigenvalue weighted by Crippen LogP contribution is 2.43. The summed E-state index contributed by atoms with van der Waals surface area (Å²) in [6.07, 6.45) is 34.7. The number of phosphoric acid groups is 1. The monoisotopic (exact) mass is 820 g/mol. The number of aliphatic hydroxyl groups is 1. The van der Waals surface area contributed by atoms with E-state index in [4.69, 9.17) is 28.7 Å². The minimum Gasteiger partial charge on any atom is -0.466 e. The number of aryl methyl sites for hydroxylation is 2. The van der Waals surface area contributed by atoms with E-state index < -0.39 is 32.5 Å². The summed E-state index contributed by atoms with van der Waals surface area (Å²) >= 11 is 0. The van der Waals surface area contributed by atoms with E-state index in [1.54, 1.807) is 6.08 Å². The van der Waals surface area contributed by atoms with Gasteiger partial charge in [0.15, 0.2) is 6.10 Å². The third-order valence-corrected chi connectivity index (χ3v) is 10.3. The Morgan fingerprint density at radius 3 is 1.95 bits per heavy atom. The second kappa shape index (κ2) is 33.9. The average molecular weight is 820 g/mol. The second-order valence-electron chi connectivity index (χ2n) is 14.3. The Kier molecular flexibility index (Phi) is 30.9. The number of carbonyl (C=O) groups excluding carboxylic acids is 2. The van der Waals surface area contributed by atoms with Crippen LogP contribution in [0, 0.1) is 13.8 Å². The van der Waals surface area contributed by atoms with E-state index in [1.165, 1.54) is 30.4 Å². The highest BCUT2D eigenvalue weighted by molar-refractivity contribution is 7.47. The zero-order valence-corrected chi connectivity index (χ0v) is 36.3. The van der Waals surface area contributed by atoms with Crippen LogP contribution in [0.15, 0.2) is 65.2 Å². The smallest absolute Gasteiger partial charge is 0.466 e. The van der Waals surface area contributed by atoms with Crippen molar-refractivity contribution in [3.05, 3.63) is 83.4 Å². The van der Waals surface area contributed by atoms with E-state index in [2.05, 4.69) is 45.1 Å². The number of allylic oxidation sites excluding steroid dienone is 9. The highest BCUT2D eigenvalue weighted by Gasteiger charge is 2.26. The van der Waals surface area contributed by atoms with Crippen molar-refractivity contribution in [3.63, 3.8) is 0 Å². The molecule has 3 atom stereocenters. The van der Waals surface area contributed by atoms with Gasteiger partial charge in [-0.05, 0) is 82.8 Å². The summed E-state index contributed by atoms with van der Waals surface area (Å²) in [7, 11) is -4.42. The van der Waals surface area contributed by atoms with Crippen LogP contribution in [0.5, 0.6) is 0 Å². The molecule has 0 fully saturated rings. The van der Waals surface area contributed by atoms with Gasteiger partial charge < -0.3 is 29.6 Å². The molecule has 0 aromatic carbocycles. The minimum absolute atomic E-state index is 0.0279. The molecule has 4 N–H and O–H groups in total. The molecule has 1 unspecified atom stereocenters. The van der Waals surface area contributed by atoms with Crippen LogP contribution in [0.4, 0.5) is 0 Å². The lowest BCUT2D eigenvalue weighted by Gasteiger charge is -2.19. The van der Waals surface area contributed by atoms with Crippen molar-refractivity contribution < 1.29 is 47.1 Å². The van der Waals surface area contributed by atoms with Crippen molar-refractivity contribution in [2.45, 2.75) is 162 Å². The van der Waals surface area contributed by atoms with E-state index in [1.807, 2.05) is 37.3 Å². The summed E-state index contributed by atoms with van der Waals surface area (Å²) in [5, 5.41) is 9.47. The molecule has 12 heteroatoms. The van der Waals surface area contributed by atoms with Gasteiger partial charge in [-0.15, -0.1) is 0 Å². The van der Waals surface area contributed by atoms with E-state index in [-0.39, 0.29) is 38.7 Å². The summed E-state index contributed by atoms with van der Waals surface area (Å²) in [4.78, 5) is 35.0. The standard InChI is InChI=1S/C45H74NO10P/c1-5-7-24-30-42-38(3)39(4)43(56-42)31-26-21-18-19-22-27-32-44(48)52-36-41(37-54-57(50,51)53-35-34-46)55-45(49)33-28-23-17-15-13-11-9-8-10-12-14-16-20-25-29-40(47)6-2/h9-12,15-17,20,25,29,40-41,47H,5-8,13-14,18-19,21-24,26-28,30-37,46H2,1-4H3,(H,50,51)/b11-9-,12-10-,17-15-,20-16-,29-25+/t40-,41-/m1/s1.